The van der Waals surface area contributed by atoms with E-state index >= 15 is 0 Å². The SMILES string of the molecule is Cn1cc(C(F)(F)F)c2cc(C(=O)O)cnc21. The number of nitrogens with zero attached hydrogens (tertiary/aromatic N) is 2. The third kappa shape index (κ3) is 1.83. The smallest absolute Gasteiger partial charge is 0.418 e. The second kappa shape index (κ2) is 3.47. The van der Waals surface area contributed by atoms with Crippen LogP contribution >= 0.6 is 0 Å². The van der Waals surface area contributed by atoms with E-state index in [9.17, 15) is 18.0 Å². The molecular weight excluding hydrogens is 237 g/mol. The molecule has 7 heteroatoms. The minimum Gasteiger partial charge on any atom is -0.478 e. The quantitative estimate of drug-likeness (QED) is 0.837. The Morgan fingerprint density at radius 3 is 2.65 bits per heavy atom. The van der Waals surface area contributed by atoms with Gasteiger partial charge in [-0.1, -0.05) is 0 Å². The summed E-state index contributed by atoms with van der Waals surface area (Å²) < 4.78 is 39.2. The lowest BCUT2D eigenvalue weighted by Crippen LogP contribution is -2.04. The first-order valence-electron chi connectivity index (χ1n) is 4.56. The van der Waals surface area contributed by atoms with E-state index in [1.807, 2.05) is 0 Å². The van der Waals surface area contributed by atoms with Crippen LogP contribution in [0, 0.1) is 0 Å². The molecule has 4 nitrogen and oxygen atoms in total. The van der Waals surface area contributed by atoms with Gasteiger partial charge < -0.3 is 9.67 Å². The number of hydrogen-bond donors (Lipinski definition) is 1. The summed E-state index contributed by atoms with van der Waals surface area (Å²) in [5.41, 5.74) is -1.05. The Bertz CT molecular complexity index is 601. The molecule has 0 saturated heterocycles. The highest BCUT2D eigenvalue weighted by atomic mass is 19.4. The number of carboxylic acids is 1. The van der Waals surface area contributed by atoms with Crippen molar-refractivity contribution >= 4 is 17.0 Å². The van der Waals surface area contributed by atoms with Gasteiger partial charge in [0.2, 0.25) is 0 Å². The van der Waals surface area contributed by atoms with Gasteiger partial charge in [-0.3, -0.25) is 0 Å². The molecule has 2 aromatic rings. The number of halogens is 3. The van der Waals surface area contributed by atoms with Gasteiger partial charge in [-0.25, -0.2) is 9.78 Å². The third-order valence-corrected chi connectivity index (χ3v) is 2.37. The number of aryl methyl sites for hydroxylation is 1. The summed E-state index contributed by atoms with van der Waals surface area (Å²) >= 11 is 0. The summed E-state index contributed by atoms with van der Waals surface area (Å²) in [5, 5.41) is 8.51. The van der Waals surface area contributed by atoms with Gasteiger partial charge in [-0.2, -0.15) is 13.2 Å². The van der Waals surface area contributed by atoms with Crippen molar-refractivity contribution in [1.82, 2.24) is 9.55 Å². The molecule has 0 fully saturated rings. The minimum atomic E-state index is -4.53. The first-order chi connectivity index (χ1) is 7.80. The van der Waals surface area contributed by atoms with Crippen LogP contribution in [0.2, 0.25) is 0 Å². The monoisotopic (exact) mass is 244 g/mol. The molecule has 0 saturated carbocycles. The van der Waals surface area contributed by atoms with Crippen LogP contribution in [0.15, 0.2) is 18.5 Å². The van der Waals surface area contributed by atoms with Crippen LogP contribution in [0.5, 0.6) is 0 Å². The predicted molar refractivity (Wildman–Crippen MR) is 52.7 cm³/mol. The normalized spacial score (nSPS) is 12.0. The number of fused-ring (bicyclic) bond motifs is 1. The number of rotatable bonds is 1. The number of pyridine rings is 1. The van der Waals surface area contributed by atoms with Crippen molar-refractivity contribution in [2.75, 3.05) is 0 Å². The number of aromatic nitrogens is 2. The zero-order valence-corrected chi connectivity index (χ0v) is 8.62. The average Bonchev–Trinajstić information content (AvgIpc) is 2.55. The Balaban J connectivity index is 2.78. The van der Waals surface area contributed by atoms with Gasteiger partial charge >= 0.3 is 12.1 Å². The summed E-state index contributed by atoms with van der Waals surface area (Å²) in [6.07, 6.45) is -2.60. The van der Waals surface area contributed by atoms with Crippen molar-refractivity contribution in [1.29, 1.82) is 0 Å². The number of carbonyl (C=O) groups is 1. The van der Waals surface area contributed by atoms with E-state index in [-0.39, 0.29) is 16.6 Å². The highest BCUT2D eigenvalue weighted by Gasteiger charge is 2.34. The largest absolute Gasteiger partial charge is 0.478 e. The third-order valence-electron chi connectivity index (χ3n) is 2.37. The van der Waals surface area contributed by atoms with E-state index in [2.05, 4.69) is 4.98 Å². The Labute approximate surface area is 93.3 Å². The second-order valence-electron chi connectivity index (χ2n) is 3.55. The zero-order valence-electron chi connectivity index (χ0n) is 8.62. The van der Waals surface area contributed by atoms with Crippen LogP contribution in [0.4, 0.5) is 13.2 Å². The molecule has 0 radical (unpaired) electrons. The fourth-order valence-corrected chi connectivity index (χ4v) is 1.60. The molecule has 90 valence electrons. The van der Waals surface area contributed by atoms with Crippen molar-refractivity contribution in [2.24, 2.45) is 7.05 Å². The Morgan fingerprint density at radius 2 is 2.12 bits per heavy atom. The fraction of sp³-hybridized carbons (Fsp3) is 0.200. The Kier molecular flexibility index (Phi) is 2.34. The molecule has 1 N–H and O–H groups in total. The maximum Gasteiger partial charge on any atom is 0.418 e. The topological polar surface area (TPSA) is 55.1 Å². The molecule has 2 heterocycles. The van der Waals surface area contributed by atoms with Gasteiger partial charge in [0, 0.05) is 24.8 Å². The highest BCUT2D eigenvalue weighted by Crippen LogP contribution is 2.35. The summed E-state index contributed by atoms with van der Waals surface area (Å²) in [5.74, 6) is -1.31. The van der Waals surface area contributed by atoms with Crippen molar-refractivity contribution in [3.05, 3.63) is 29.6 Å². The van der Waals surface area contributed by atoms with Crippen LogP contribution in [-0.4, -0.2) is 20.6 Å². The molecule has 0 spiro atoms. The first-order valence-corrected chi connectivity index (χ1v) is 4.56. The van der Waals surface area contributed by atoms with Gasteiger partial charge in [-0.05, 0) is 6.07 Å². The van der Waals surface area contributed by atoms with Crippen LogP contribution < -0.4 is 0 Å². The summed E-state index contributed by atoms with van der Waals surface area (Å²) in [4.78, 5) is 14.4. The van der Waals surface area contributed by atoms with E-state index in [4.69, 9.17) is 5.11 Å². The van der Waals surface area contributed by atoms with Gasteiger partial charge in [0.05, 0.1) is 11.1 Å². The molecule has 0 aliphatic heterocycles. The predicted octanol–water partition coefficient (Wildman–Crippen LogP) is 2.29. The van der Waals surface area contributed by atoms with E-state index in [0.717, 1.165) is 18.5 Å². The Hall–Kier alpha value is -2.05. The lowest BCUT2D eigenvalue weighted by molar-refractivity contribution is -0.136. The van der Waals surface area contributed by atoms with Crippen LogP contribution in [0.1, 0.15) is 15.9 Å². The molecule has 17 heavy (non-hydrogen) atoms. The van der Waals surface area contributed by atoms with Crippen LogP contribution in [0.3, 0.4) is 0 Å². The number of hydrogen-bond acceptors (Lipinski definition) is 2. The maximum atomic E-state index is 12.7. The van der Waals surface area contributed by atoms with E-state index in [1.54, 1.807) is 0 Å². The number of alkyl halides is 3. The molecule has 0 aromatic carbocycles. The fourth-order valence-electron chi connectivity index (χ4n) is 1.60. The molecule has 0 amide bonds. The molecule has 0 unspecified atom stereocenters. The lowest BCUT2D eigenvalue weighted by atomic mass is 10.1. The average molecular weight is 244 g/mol. The summed E-state index contributed by atoms with van der Waals surface area (Å²) in [7, 11) is 1.42. The summed E-state index contributed by atoms with van der Waals surface area (Å²) in [6.45, 7) is 0. The molecule has 0 bridgehead atoms. The molecule has 2 rings (SSSR count). The van der Waals surface area contributed by atoms with Crippen molar-refractivity contribution in [3.63, 3.8) is 0 Å². The van der Waals surface area contributed by atoms with Crippen LogP contribution in [0.25, 0.3) is 11.0 Å². The minimum absolute atomic E-state index is 0.0994. The van der Waals surface area contributed by atoms with Gasteiger partial charge in [-0.15, -0.1) is 0 Å². The molecule has 0 atom stereocenters. The standard InChI is InChI=1S/C10H7F3N2O2/c1-15-4-7(10(11,12)13)6-2-5(9(16)17)3-14-8(6)15/h2-4H,1H3,(H,16,17). The maximum absolute atomic E-state index is 12.7. The second-order valence-corrected chi connectivity index (χ2v) is 3.55. The van der Waals surface area contributed by atoms with Gasteiger partial charge in [0.1, 0.15) is 5.65 Å². The van der Waals surface area contributed by atoms with Crippen molar-refractivity contribution in [2.45, 2.75) is 6.18 Å². The highest BCUT2D eigenvalue weighted by molar-refractivity contribution is 5.93. The molecule has 0 aliphatic rings. The van der Waals surface area contributed by atoms with Crippen molar-refractivity contribution in [3.8, 4) is 0 Å². The molecular formula is C10H7F3N2O2. The van der Waals surface area contributed by atoms with Crippen LogP contribution in [-0.2, 0) is 13.2 Å². The lowest BCUT2D eigenvalue weighted by Gasteiger charge is -2.03. The molecule has 0 aliphatic carbocycles. The van der Waals surface area contributed by atoms with Gasteiger partial charge in [0.25, 0.3) is 0 Å². The van der Waals surface area contributed by atoms with E-state index in [0.29, 0.717) is 0 Å². The number of aromatic carboxylic acids is 1. The van der Waals surface area contributed by atoms with Crippen molar-refractivity contribution < 1.29 is 23.1 Å². The van der Waals surface area contributed by atoms with E-state index < -0.39 is 17.7 Å². The number of carboxylic acid groups (broad SMARTS) is 1. The van der Waals surface area contributed by atoms with E-state index in [1.165, 1.54) is 11.6 Å². The first kappa shape index (κ1) is 11.4. The molecule has 2 aromatic heterocycles. The van der Waals surface area contributed by atoms with Gasteiger partial charge in [0.15, 0.2) is 0 Å². The zero-order chi connectivity index (χ0) is 12.8. The Morgan fingerprint density at radius 1 is 1.47 bits per heavy atom. The summed E-state index contributed by atoms with van der Waals surface area (Å²) in [6, 6.07) is 0.980.